The second kappa shape index (κ2) is 7.07. The van der Waals surface area contributed by atoms with Crippen LogP contribution in [0.5, 0.6) is 0 Å². The Kier molecular flexibility index (Phi) is 5.39. The predicted molar refractivity (Wildman–Crippen MR) is 88.2 cm³/mol. The van der Waals surface area contributed by atoms with E-state index in [0.29, 0.717) is 6.04 Å². The first-order valence-corrected chi connectivity index (χ1v) is 8.14. The van der Waals surface area contributed by atoms with Crippen molar-refractivity contribution < 1.29 is 0 Å². The molecule has 0 bridgehead atoms. The third kappa shape index (κ3) is 4.06. The van der Waals surface area contributed by atoms with Crippen molar-refractivity contribution in [3.05, 3.63) is 11.4 Å². The van der Waals surface area contributed by atoms with E-state index >= 15 is 0 Å². The summed E-state index contributed by atoms with van der Waals surface area (Å²) in [6.07, 6.45) is 5.66. The summed E-state index contributed by atoms with van der Waals surface area (Å²) in [4.78, 5) is 9.17. The van der Waals surface area contributed by atoms with E-state index < -0.39 is 0 Å². The van der Waals surface area contributed by atoms with Gasteiger partial charge in [0.1, 0.15) is 17.5 Å². The highest BCUT2D eigenvalue weighted by Crippen LogP contribution is 2.31. The number of nitrogens with one attached hydrogen (secondary N) is 2. The van der Waals surface area contributed by atoms with Crippen LogP contribution in [0, 0.1) is 18.8 Å². The van der Waals surface area contributed by atoms with E-state index in [1.807, 2.05) is 6.92 Å². The Labute approximate surface area is 128 Å². The van der Waals surface area contributed by atoms with Crippen molar-refractivity contribution in [3.63, 3.8) is 0 Å². The van der Waals surface area contributed by atoms with Gasteiger partial charge in [0.2, 0.25) is 0 Å². The molecule has 1 aliphatic carbocycles. The molecule has 5 nitrogen and oxygen atoms in total. The minimum atomic E-state index is 0.498. The second-order valence-corrected chi connectivity index (χ2v) is 6.62. The quantitative estimate of drug-likeness (QED) is 0.573. The number of aromatic nitrogens is 2. The van der Waals surface area contributed by atoms with Crippen LogP contribution in [-0.4, -0.2) is 16.0 Å². The summed E-state index contributed by atoms with van der Waals surface area (Å²) in [5.74, 6) is 9.67. The van der Waals surface area contributed by atoms with Crippen LogP contribution in [0.3, 0.4) is 0 Å². The molecule has 0 radical (unpaired) electrons. The molecule has 0 spiro atoms. The Morgan fingerprint density at radius 1 is 1.10 bits per heavy atom. The normalized spacial score (nSPS) is 25.7. The van der Waals surface area contributed by atoms with Crippen molar-refractivity contribution in [3.8, 4) is 0 Å². The molecule has 0 aliphatic heterocycles. The van der Waals surface area contributed by atoms with Crippen LogP contribution in [0.4, 0.5) is 11.6 Å². The molecule has 21 heavy (non-hydrogen) atoms. The summed E-state index contributed by atoms with van der Waals surface area (Å²) in [6.45, 7) is 8.83. The SMILES string of the molecule is CCCc1nc(NN)c(C)c(NC2CC(C)CC(C)C2)n1. The largest absolute Gasteiger partial charge is 0.367 e. The van der Waals surface area contributed by atoms with E-state index in [4.69, 9.17) is 10.8 Å². The van der Waals surface area contributed by atoms with Crippen LogP contribution in [0.15, 0.2) is 0 Å². The van der Waals surface area contributed by atoms with Gasteiger partial charge in [-0.05, 0) is 44.4 Å². The number of rotatable bonds is 5. The number of nitrogens with two attached hydrogens (primary N) is 1. The fourth-order valence-electron chi connectivity index (χ4n) is 3.44. The Morgan fingerprint density at radius 3 is 2.29 bits per heavy atom. The summed E-state index contributed by atoms with van der Waals surface area (Å²) in [6, 6.07) is 0.498. The van der Waals surface area contributed by atoms with Crippen LogP contribution >= 0.6 is 0 Å². The van der Waals surface area contributed by atoms with Gasteiger partial charge < -0.3 is 10.7 Å². The predicted octanol–water partition coefficient (Wildman–Crippen LogP) is 3.26. The van der Waals surface area contributed by atoms with Crippen LogP contribution in [0.2, 0.25) is 0 Å². The average molecular weight is 291 g/mol. The van der Waals surface area contributed by atoms with Crippen LogP contribution in [-0.2, 0) is 6.42 Å². The maximum absolute atomic E-state index is 5.59. The zero-order valence-corrected chi connectivity index (χ0v) is 13.7. The Balaban J connectivity index is 2.19. The number of anilines is 2. The monoisotopic (exact) mass is 291 g/mol. The lowest BCUT2D eigenvalue weighted by Crippen LogP contribution is -2.31. The lowest BCUT2D eigenvalue weighted by Gasteiger charge is -2.32. The Hall–Kier alpha value is -1.36. The maximum Gasteiger partial charge on any atom is 0.148 e. The minimum Gasteiger partial charge on any atom is -0.367 e. The first kappa shape index (κ1) is 16.0. The van der Waals surface area contributed by atoms with Crippen molar-refractivity contribution in [1.29, 1.82) is 0 Å². The van der Waals surface area contributed by atoms with E-state index in [2.05, 4.69) is 36.5 Å². The molecule has 1 fully saturated rings. The third-order valence-corrected chi connectivity index (χ3v) is 4.32. The molecule has 1 saturated carbocycles. The summed E-state index contributed by atoms with van der Waals surface area (Å²) in [5, 5.41) is 3.64. The van der Waals surface area contributed by atoms with Crippen LogP contribution < -0.4 is 16.6 Å². The molecule has 2 rings (SSSR count). The van der Waals surface area contributed by atoms with E-state index in [1.54, 1.807) is 0 Å². The van der Waals surface area contributed by atoms with Gasteiger partial charge in [-0.1, -0.05) is 20.8 Å². The second-order valence-electron chi connectivity index (χ2n) is 6.62. The molecule has 1 aromatic heterocycles. The molecule has 0 amide bonds. The highest BCUT2D eigenvalue weighted by atomic mass is 15.3. The number of nitrogen functional groups attached to an aromatic ring is 1. The minimum absolute atomic E-state index is 0.498. The van der Waals surface area contributed by atoms with Crippen molar-refractivity contribution in [1.82, 2.24) is 9.97 Å². The summed E-state index contributed by atoms with van der Waals surface area (Å²) in [5.41, 5.74) is 3.70. The summed E-state index contributed by atoms with van der Waals surface area (Å²) >= 11 is 0. The molecule has 4 N–H and O–H groups in total. The van der Waals surface area contributed by atoms with Gasteiger partial charge >= 0.3 is 0 Å². The fraction of sp³-hybridized carbons (Fsp3) is 0.750. The highest BCUT2D eigenvalue weighted by molar-refractivity contribution is 5.57. The first-order valence-electron chi connectivity index (χ1n) is 8.14. The molecule has 0 saturated heterocycles. The lowest BCUT2D eigenvalue weighted by molar-refractivity contribution is 0.280. The molecule has 2 unspecified atom stereocenters. The van der Waals surface area contributed by atoms with E-state index in [9.17, 15) is 0 Å². The van der Waals surface area contributed by atoms with Gasteiger partial charge in [-0.15, -0.1) is 0 Å². The molecular weight excluding hydrogens is 262 g/mol. The zero-order chi connectivity index (χ0) is 15.4. The smallest absolute Gasteiger partial charge is 0.148 e. The van der Waals surface area contributed by atoms with E-state index in [-0.39, 0.29) is 0 Å². The topological polar surface area (TPSA) is 75.9 Å². The van der Waals surface area contributed by atoms with Crippen LogP contribution in [0.1, 0.15) is 57.8 Å². The first-order chi connectivity index (χ1) is 10.0. The number of aryl methyl sites for hydroxylation is 1. The average Bonchev–Trinajstić information content (AvgIpc) is 2.41. The Bertz CT molecular complexity index is 464. The van der Waals surface area contributed by atoms with Crippen molar-refractivity contribution in [2.45, 2.75) is 65.8 Å². The van der Waals surface area contributed by atoms with Crippen molar-refractivity contribution in [2.24, 2.45) is 17.7 Å². The van der Waals surface area contributed by atoms with Gasteiger partial charge in [0.25, 0.3) is 0 Å². The standard InChI is InChI=1S/C16H29N5/c1-5-6-14-19-15(12(4)16(20-14)21-17)18-13-8-10(2)7-11(3)9-13/h10-11,13H,5-9,17H2,1-4H3,(H2,18,19,20,21). The van der Waals surface area contributed by atoms with Crippen molar-refractivity contribution in [2.75, 3.05) is 10.7 Å². The summed E-state index contributed by atoms with van der Waals surface area (Å²) < 4.78 is 0. The number of nitrogens with zero attached hydrogens (tertiary/aromatic N) is 2. The lowest BCUT2D eigenvalue weighted by atomic mass is 9.80. The highest BCUT2D eigenvalue weighted by Gasteiger charge is 2.25. The van der Waals surface area contributed by atoms with Gasteiger partial charge in [-0.25, -0.2) is 15.8 Å². The number of hydrazine groups is 1. The van der Waals surface area contributed by atoms with Crippen molar-refractivity contribution >= 4 is 11.6 Å². The molecule has 1 aliphatic rings. The molecule has 5 heteroatoms. The van der Waals surface area contributed by atoms with Gasteiger partial charge in [0.15, 0.2) is 0 Å². The molecule has 118 valence electrons. The van der Waals surface area contributed by atoms with Gasteiger partial charge in [-0.2, -0.15) is 0 Å². The molecule has 0 aromatic carbocycles. The maximum atomic E-state index is 5.59. The van der Waals surface area contributed by atoms with Crippen LogP contribution in [0.25, 0.3) is 0 Å². The van der Waals surface area contributed by atoms with E-state index in [0.717, 1.165) is 47.7 Å². The van der Waals surface area contributed by atoms with E-state index in [1.165, 1.54) is 19.3 Å². The van der Waals surface area contributed by atoms with Gasteiger partial charge in [-0.3, -0.25) is 0 Å². The molecule has 1 aromatic rings. The van der Waals surface area contributed by atoms with Gasteiger partial charge in [0, 0.05) is 18.0 Å². The molecular formula is C16H29N5. The molecule has 1 heterocycles. The molecule has 2 atom stereocenters. The fourth-order valence-corrected chi connectivity index (χ4v) is 3.44. The van der Waals surface area contributed by atoms with Gasteiger partial charge in [0.05, 0.1) is 0 Å². The number of hydrogen-bond acceptors (Lipinski definition) is 5. The number of hydrogen-bond donors (Lipinski definition) is 3. The summed E-state index contributed by atoms with van der Waals surface area (Å²) in [7, 11) is 0. The Morgan fingerprint density at radius 2 is 1.71 bits per heavy atom. The zero-order valence-electron chi connectivity index (χ0n) is 13.7. The third-order valence-electron chi connectivity index (χ3n) is 4.32.